The van der Waals surface area contributed by atoms with Crippen LogP contribution in [-0.4, -0.2) is 49.3 Å². The fourth-order valence-corrected chi connectivity index (χ4v) is 4.53. The second-order valence-corrected chi connectivity index (χ2v) is 9.39. The molecule has 0 saturated heterocycles. The van der Waals surface area contributed by atoms with E-state index >= 15 is 0 Å². The highest BCUT2D eigenvalue weighted by Gasteiger charge is 2.35. The maximum Gasteiger partial charge on any atom is 0.412 e. The maximum absolute atomic E-state index is 12.4. The molecule has 0 unspecified atom stereocenters. The Hall–Kier alpha value is -2.08. The predicted octanol–water partition coefficient (Wildman–Crippen LogP) is 4.89. The third-order valence-corrected chi connectivity index (χ3v) is 6.24. The Labute approximate surface area is 181 Å². The number of nitrogens with zero attached hydrogens (tertiary/aromatic N) is 1. The van der Waals surface area contributed by atoms with E-state index in [0.717, 1.165) is 45.1 Å². The molecule has 6 nitrogen and oxygen atoms in total. The van der Waals surface area contributed by atoms with Crippen molar-refractivity contribution in [2.75, 3.05) is 27.2 Å². The van der Waals surface area contributed by atoms with Crippen molar-refractivity contribution in [1.29, 1.82) is 0 Å². The van der Waals surface area contributed by atoms with Crippen LogP contribution >= 0.6 is 0 Å². The molecule has 0 bridgehead atoms. The van der Waals surface area contributed by atoms with E-state index in [1.807, 2.05) is 12.1 Å². The molecule has 1 fully saturated rings. The average molecular weight is 419 g/mol. The molecule has 0 heterocycles. The molecule has 1 saturated carbocycles. The molecule has 0 spiro atoms. The summed E-state index contributed by atoms with van der Waals surface area (Å²) in [5.74, 6) is 0.588. The van der Waals surface area contributed by atoms with Crippen LogP contribution < -0.4 is 10.1 Å². The second kappa shape index (κ2) is 11.3. The molecule has 0 radical (unpaired) electrons. The van der Waals surface area contributed by atoms with Gasteiger partial charge in [0.1, 0.15) is 5.75 Å². The summed E-state index contributed by atoms with van der Waals surface area (Å²) in [4.78, 5) is 25.9. The van der Waals surface area contributed by atoms with Gasteiger partial charge < -0.3 is 20.1 Å². The second-order valence-electron chi connectivity index (χ2n) is 9.39. The largest absolute Gasteiger partial charge is 0.481 e. The minimum absolute atomic E-state index is 0.0880. The molecule has 1 aliphatic rings. The summed E-state index contributed by atoms with van der Waals surface area (Å²) in [6.45, 7) is 5.77. The van der Waals surface area contributed by atoms with E-state index in [4.69, 9.17) is 4.74 Å². The molecule has 168 valence electrons. The lowest BCUT2D eigenvalue weighted by Crippen LogP contribution is -2.41. The number of nitrogens with one attached hydrogen (secondary N) is 1. The van der Waals surface area contributed by atoms with Crippen LogP contribution in [-0.2, 0) is 4.79 Å². The Balaban J connectivity index is 1.99. The zero-order valence-corrected chi connectivity index (χ0v) is 18.9. The standard InChI is InChI=1S/C24H38N2O4/c1-18(2)21(11-14-26(3)4)19-9-8-10-20(15-19)30-23(29)25-17-24(16-22(27)28)12-6-5-7-13-24/h8-10,15,18,21H,5-7,11-14,16-17H2,1-4H3,(H,25,29)(H,27,28)/t21-/m0/s1. The van der Waals surface area contributed by atoms with Gasteiger partial charge in [0, 0.05) is 6.54 Å². The Kier molecular flexibility index (Phi) is 9.15. The van der Waals surface area contributed by atoms with Gasteiger partial charge in [0.2, 0.25) is 0 Å². The lowest BCUT2D eigenvalue weighted by molar-refractivity contribution is -0.140. The van der Waals surface area contributed by atoms with E-state index in [1.165, 1.54) is 5.56 Å². The van der Waals surface area contributed by atoms with E-state index in [-0.39, 0.29) is 11.8 Å². The molecule has 1 aromatic rings. The van der Waals surface area contributed by atoms with Crippen LogP contribution in [0.5, 0.6) is 5.75 Å². The quantitative estimate of drug-likeness (QED) is 0.565. The summed E-state index contributed by atoms with van der Waals surface area (Å²) < 4.78 is 5.54. The highest BCUT2D eigenvalue weighted by Crippen LogP contribution is 2.39. The van der Waals surface area contributed by atoms with Crippen molar-refractivity contribution in [3.8, 4) is 5.75 Å². The SMILES string of the molecule is CC(C)[C@H](CCN(C)C)c1cccc(OC(=O)NCC2(CC(=O)O)CCCCC2)c1. The Morgan fingerprint density at radius 3 is 2.50 bits per heavy atom. The molecule has 1 amide bonds. The van der Waals surface area contributed by atoms with Gasteiger partial charge in [0.15, 0.2) is 0 Å². The van der Waals surface area contributed by atoms with Gasteiger partial charge in [-0.15, -0.1) is 0 Å². The van der Waals surface area contributed by atoms with Crippen molar-refractivity contribution in [3.63, 3.8) is 0 Å². The van der Waals surface area contributed by atoms with Crippen molar-refractivity contribution in [1.82, 2.24) is 10.2 Å². The van der Waals surface area contributed by atoms with Crippen molar-refractivity contribution in [2.24, 2.45) is 11.3 Å². The maximum atomic E-state index is 12.4. The van der Waals surface area contributed by atoms with Crippen LogP contribution in [0.3, 0.4) is 0 Å². The smallest absolute Gasteiger partial charge is 0.412 e. The number of hydrogen-bond donors (Lipinski definition) is 2. The number of benzene rings is 1. The van der Waals surface area contributed by atoms with E-state index in [2.05, 4.69) is 44.2 Å². The first-order chi connectivity index (χ1) is 14.2. The van der Waals surface area contributed by atoms with E-state index in [9.17, 15) is 14.7 Å². The van der Waals surface area contributed by atoms with Crippen molar-refractivity contribution in [3.05, 3.63) is 29.8 Å². The van der Waals surface area contributed by atoms with Gasteiger partial charge in [0.05, 0.1) is 6.42 Å². The van der Waals surface area contributed by atoms with E-state index in [1.54, 1.807) is 6.07 Å². The van der Waals surface area contributed by atoms with Gasteiger partial charge >= 0.3 is 12.1 Å². The third-order valence-electron chi connectivity index (χ3n) is 6.24. The molecular weight excluding hydrogens is 380 g/mol. The predicted molar refractivity (Wildman–Crippen MR) is 119 cm³/mol. The number of hydrogen-bond acceptors (Lipinski definition) is 4. The van der Waals surface area contributed by atoms with Gasteiger partial charge in [-0.3, -0.25) is 4.79 Å². The topological polar surface area (TPSA) is 78.9 Å². The molecular formula is C24H38N2O4. The zero-order chi connectivity index (χ0) is 22.1. The van der Waals surface area contributed by atoms with Crippen LogP contribution in [0.1, 0.15) is 70.3 Å². The normalized spacial score (nSPS) is 17.0. The molecule has 1 atom stereocenters. The average Bonchev–Trinajstić information content (AvgIpc) is 2.67. The van der Waals surface area contributed by atoms with E-state index < -0.39 is 12.1 Å². The van der Waals surface area contributed by atoms with Crippen molar-refractivity contribution in [2.45, 2.75) is 64.7 Å². The van der Waals surface area contributed by atoms with Gasteiger partial charge in [-0.05, 0) is 74.8 Å². The van der Waals surface area contributed by atoms with Crippen molar-refractivity contribution >= 4 is 12.1 Å². The minimum atomic E-state index is -0.808. The molecule has 0 aliphatic heterocycles. The number of rotatable bonds is 10. The number of carboxylic acids is 1. The number of carbonyl (C=O) groups is 2. The van der Waals surface area contributed by atoms with Gasteiger partial charge in [-0.1, -0.05) is 45.2 Å². The van der Waals surface area contributed by atoms with Gasteiger partial charge in [0.25, 0.3) is 0 Å². The van der Waals surface area contributed by atoms with Gasteiger partial charge in [-0.2, -0.15) is 0 Å². The van der Waals surface area contributed by atoms with Crippen molar-refractivity contribution < 1.29 is 19.4 Å². The summed E-state index contributed by atoms with van der Waals surface area (Å²) in [5, 5.41) is 12.1. The Morgan fingerprint density at radius 2 is 1.90 bits per heavy atom. The van der Waals surface area contributed by atoms with Crippen LogP contribution in [0.15, 0.2) is 24.3 Å². The lowest BCUT2D eigenvalue weighted by Gasteiger charge is -2.36. The first kappa shape index (κ1) is 24.2. The third kappa shape index (κ3) is 7.63. The number of carboxylic acid groups (broad SMARTS) is 1. The van der Waals surface area contributed by atoms with E-state index in [0.29, 0.717) is 24.1 Å². The number of aliphatic carboxylic acids is 1. The monoisotopic (exact) mass is 418 g/mol. The summed E-state index contributed by atoms with van der Waals surface area (Å²) in [7, 11) is 4.15. The molecule has 1 aliphatic carbocycles. The molecule has 2 N–H and O–H groups in total. The van der Waals surface area contributed by atoms with Gasteiger partial charge in [-0.25, -0.2) is 4.79 Å². The first-order valence-electron chi connectivity index (χ1n) is 11.1. The zero-order valence-electron chi connectivity index (χ0n) is 18.9. The number of ether oxygens (including phenoxy) is 1. The van der Waals surface area contributed by atoms with Crippen LogP contribution in [0, 0.1) is 11.3 Å². The highest BCUT2D eigenvalue weighted by atomic mass is 16.6. The van der Waals surface area contributed by atoms with Crippen LogP contribution in [0.4, 0.5) is 4.79 Å². The molecule has 1 aromatic carbocycles. The Morgan fingerprint density at radius 1 is 1.20 bits per heavy atom. The fourth-order valence-electron chi connectivity index (χ4n) is 4.53. The van der Waals surface area contributed by atoms with Crippen LogP contribution in [0.25, 0.3) is 0 Å². The number of amides is 1. The summed E-state index contributed by atoms with van der Waals surface area (Å²) >= 11 is 0. The summed E-state index contributed by atoms with van der Waals surface area (Å²) in [6.07, 6.45) is 5.42. The first-order valence-corrected chi connectivity index (χ1v) is 11.1. The highest BCUT2D eigenvalue weighted by molar-refractivity contribution is 5.71. The molecule has 30 heavy (non-hydrogen) atoms. The summed E-state index contributed by atoms with van der Waals surface area (Å²) in [6, 6.07) is 7.76. The molecule has 2 rings (SSSR count). The Bertz CT molecular complexity index is 696. The number of carbonyl (C=O) groups excluding carboxylic acids is 1. The minimum Gasteiger partial charge on any atom is -0.481 e. The molecule has 6 heteroatoms. The summed E-state index contributed by atoms with van der Waals surface area (Å²) in [5.41, 5.74) is 0.812. The molecule has 0 aromatic heterocycles. The van der Waals surface area contributed by atoms with Crippen LogP contribution in [0.2, 0.25) is 0 Å². The fraction of sp³-hybridized carbons (Fsp3) is 0.667. The lowest BCUT2D eigenvalue weighted by atomic mass is 9.72.